The monoisotopic (exact) mass is 298 g/mol. The highest BCUT2D eigenvalue weighted by atomic mass is 16.2. The first-order valence-electron chi connectivity index (χ1n) is 6.95. The summed E-state index contributed by atoms with van der Waals surface area (Å²) in [5.74, 6) is -0.224. The zero-order valence-electron chi connectivity index (χ0n) is 12.5. The second kappa shape index (κ2) is 9.15. The Labute approximate surface area is 129 Å². The molecule has 0 saturated heterocycles. The fourth-order valence-electron chi connectivity index (χ4n) is 1.87. The zero-order chi connectivity index (χ0) is 16.4. The predicted molar refractivity (Wildman–Crippen MR) is 82.0 cm³/mol. The van der Waals surface area contributed by atoms with Crippen LogP contribution < -0.4 is 5.32 Å². The first kappa shape index (κ1) is 17.2. The van der Waals surface area contributed by atoms with Gasteiger partial charge in [0.2, 0.25) is 5.91 Å². The maximum Gasteiger partial charge on any atom is 0.241 e. The second-order valence-electron chi connectivity index (χ2n) is 4.69. The second-order valence-corrected chi connectivity index (χ2v) is 4.69. The average Bonchev–Trinajstić information content (AvgIpc) is 2.53. The van der Waals surface area contributed by atoms with Crippen LogP contribution in [0, 0.1) is 22.7 Å². The highest BCUT2D eigenvalue weighted by Gasteiger charge is 2.12. The molecule has 1 aromatic carbocycles. The molecule has 114 valence electrons. The molecule has 0 spiro atoms. The van der Waals surface area contributed by atoms with Gasteiger partial charge in [0.25, 0.3) is 0 Å². The number of ketones is 1. The lowest BCUT2D eigenvalue weighted by Crippen LogP contribution is -2.36. The number of nitriles is 2. The van der Waals surface area contributed by atoms with Crippen molar-refractivity contribution in [2.75, 3.05) is 25.0 Å². The molecule has 1 rings (SSSR count). The molecule has 0 atom stereocenters. The van der Waals surface area contributed by atoms with Crippen molar-refractivity contribution in [1.29, 1.82) is 10.5 Å². The van der Waals surface area contributed by atoms with Crippen molar-refractivity contribution in [3.63, 3.8) is 0 Å². The molecule has 1 amide bonds. The van der Waals surface area contributed by atoms with Crippen LogP contribution in [0.5, 0.6) is 0 Å². The Bertz CT molecular complexity index is 595. The molecule has 1 aromatic rings. The fourth-order valence-corrected chi connectivity index (χ4v) is 1.87. The summed E-state index contributed by atoms with van der Waals surface area (Å²) >= 11 is 0. The van der Waals surface area contributed by atoms with Gasteiger partial charge in [0.15, 0.2) is 5.78 Å². The van der Waals surface area contributed by atoms with Crippen molar-refractivity contribution in [2.45, 2.75) is 19.8 Å². The number of anilines is 1. The molecular formula is C16H18N4O2. The molecule has 0 fully saturated rings. The summed E-state index contributed by atoms with van der Waals surface area (Å²) in [6, 6.07) is 10.9. The van der Waals surface area contributed by atoms with Crippen molar-refractivity contribution in [3.8, 4) is 12.1 Å². The Morgan fingerprint density at radius 2 is 1.82 bits per heavy atom. The van der Waals surface area contributed by atoms with Gasteiger partial charge in [-0.05, 0) is 19.1 Å². The Morgan fingerprint density at radius 1 is 1.18 bits per heavy atom. The smallest absolute Gasteiger partial charge is 0.241 e. The number of nitrogens with one attached hydrogen (secondary N) is 1. The molecule has 0 aliphatic rings. The van der Waals surface area contributed by atoms with Crippen molar-refractivity contribution in [3.05, 3.63) is 29.8 Å². The number of carbonyl (C=O) groups excluding carboxylic acids is 2. The summed E-state index contributed by atoms with van der Waals surface area (Å²) in [5, 5.41) is 20.2. The van der Waals surface area contributed by atoms with Crippen molar-refractivity contribution in [2.24, 2.45) is 0 Å². The lowest BCUT2D eigenvalue weighted by molar-refractivity contribution is -0.129. The molecular weight excluding hydrogens is 280 g/mol. The standard InChI is InChI=1S/C16H18N4O2/c1-13(21)14-5-2-6-15(11-14)19-12-16(22)20(9-3-7-17)10-4-8-18/h2,5-6,11,19H,3-4,9-10,12H2,1H3. The van der Waals surface area contributed by atoms with E-state index in [1.807, 2.05) is 12.1 Å². The SMILES string of the molecule is CC(=O)c1cccc(NCC(=O)N(CCC#N)CCC#N)c1. The highest BCUT2D eigenvalue weighted by Crippen LogP contribution is 2.11. The molecule has 0 aliphatic carbocycles. The van der Waals surface area contributed by atoms with E-state index < -0.39 is 0 Å². The van der Waals surface area contributed by atoms with Crippen molar-refractivity contribution >= 4 is 17.4 Å². The Morgan fingerprint density at radius 3 is 2.36 bits per heavy atom. The van der Waals surface area contributed by atoms with Gasteiger partial charge in [0, 0.05) is 24.3 Å². The third kappa shape index (κ3) is 5.64. The van der Waals surface area contributed by atoms with E-state index in [9.17, 15) is 9.59 Å². The van der Waals surface area contributed by atoms with Gasteiger partial charge in [-0.1, -0.05) is 12.1 Å². The molecule has 0 bridgehead atoms. The molecule has 0 saturated carbocycles. The number of Topliss-reactive ketones (excluding diaryl/α,β-unsaturated/α-hetero) is 1. The number of hydrogen-bond acceptors (Lipinski definition) is 5. The van der Waals surface area contributed by atoms with Crippen LogP contribution in [0.25, 0.3) is 0 Å². The van der Waals surface area contributed by atoms with E-state index in [1.165, 1.54) is 11.8 Å². The van der Waals surface area contributed by atoms with Crippen molar-refractivity contribution in [1.82, 2.24) is 4.90 Å². The fraction of sp³-hybridized carbons (Fsp3) is 0.375. The first-order valence-corrected chi connectivity index (χ1v) is 6.95. The third-order valence-corrected chi connectivity index (χ3v) is 3.05. The van der Waals surface area contributed by atoms with E-state index in [-0.39, 0.29) is 31.1 Å². The summed E-state index contributed by atoms with van der Waals surface area (Å²) < 4.78 is 0. The van der Waals surface area contributed by atoms with Crippen LogP contribution in [0.15, 0.2) is 24.3 Å². The molecule has 0 aliphatic heterocycles. The summed E-state index contributed by atoms with van der Waals surface area (Å²) in [7, 11) is 0. The number of hydrogen-bond donors (Lipinski definition) is 1. The van der Waals surface area contributed by atoms with E-state index in [0.29, 0.717) is 24.3 Å². The van der Waals surface area contributed by atoms with Crippen LogP contribution in [0.1, 0.15) is 30.1 Å². The topological polar surface area (TPSA) is 97.0 Å². The van der Waals surface area contributed by atoms with E-state index in [4.69, 9.17) is 10.5 Å². The minimum absolute atomic E-state index is 0.0420. The minimum atomic E-state index is -0.182. The van der Waals surface area contributed by atoms with Gasteiger partial charge < -0.3 is 10.2 Å². The maximum atomic E-state index is 12.1. The van der Waals surface area contributed by atoms with Crippen LogP contribution in [-0.2, 0) is 4.79 Å². The van der Waals surface area contributed by atoms with Gasteiger partial charge in [-0.25, -0.2) is 0 Å². The normalized spacial score (nSPS) is 9.41. The Hall–Kier alpha value is -2.86. The molecule has 6 nitrogen and oxygen atoms in total. The van der Waals surface area contributed by atoms with Gasteiger partial charge in [-0.3, -0.25) is 9.59 Å². The molecule has 1 N–H and O–H groups in total. The van der Waals surface area contributed by atoms with Gasteiger partial charge in [-0.15, -0.1) is 0 Å². The largest absolute Gasteiger partial charge is 0.376 e. The lowest BCUT2D eigenvalue weighted by Gasteiger charge is -2.20. The molecule has 0 unspecified atom stereocenters. The predicted octanol–water partition coefficient (Wildman–Crippen LogP) is 1.96. The number of rotatable bonds is 8. The van der Waals surface area contributed by atoms with E-state index in [1.54, 1.807) is 24.3 Å². The molecule has 6 heteroatoms. The average molecular weight is 298 g/mol. The first-order chi connectivity index (χ1) is 10.6. The van der Waals surface area contributed by atoms with Crippen LogP contribution in [0.2, 0.25) is 0 Å². The van der Waals surface area contributed by atoms with E-state index in [2.05, 4.69) is 5.32 Å². The zero-order valence-corrected chi connectivity index (χ0v) is 12.5. The molecule has 0 heterocycles. The maximum absolute atomic E-state index is 12.1. The van der Waals surface area contributed by atoms with Crippen LogP contribution >= 0.6 is 0 Å². The highest BCUT2D eigenvalue weighted by molar-refractivity contribution is 5.95. The molecule has 22 heavy (non-hydrogen) atoms. The lowest BCUT2D eigenvalue weighted by atomic mass is 10.1. The van der Waals surface area contributed by atoms with Crippen LogP contribution in [0.3, 0.4) is 0 Å². The summed E-state index contributed by atoms with van der Waals surface area (Å²) in [4.78, 5) is 24.9. The van der Waals surface area contributed by atoms with E-state index >= 15 is 0 Å². The number of benzene rings is 1. The number of nitrogens with zero attached hydrogens (tertiary/aromatic N) is 3. The number of amides is 1. The van der Waals surface area contributed by atoms with Gasteiger partial charge in [0.05, 0.1) is 31.5 Å². The van der Waals surface area contributed by atoms with Crippen molar-refractivity contribution < 1.29 is 9.59 Å². The summed E-state index contributed by atoms with van der Waals surface area (Å²) in [6.45, 7) is 2.16. The van der Waals surface area contributed by atoms with E-state index in [0.717, 1.165) is 0 Å². The Balaban J connectivity index is 2.62. The molecule has 0 aromatic heterocycles. The van der Waals surface area contributed by atoms with Gasteiger partial charge in [0.1, 0.15) is 0 Å². The Kier molecular flexibility index (Phi) is 7.15. The summed E-state index contributed by atoms with van der Waals surface area (Å²) in [5.41, 5.74) is 1.25. The third-order valence-electron chi connectivity index (χ3n) is 3.05. The number of carbonyl (C=O) groups is 2. The van der Waals surface area contributed by atoms with Crippen LogP contribution in [0.4, 0.5) is 5.69 Å². The minimum Gasteiger partial charge on any atom is -0.376 e. The quantitative estimate of drug-likeness (QED) is 0.740. The van der Waals surface area contributed by atoms with Gasteiger partial charge in [-0.2, -0.15) is 10.5 Å². The molecule has 0 radical (unpaired) electrons. The van der Waals surface area contributed by atoms with Gasteiger partial charge >= 0.3 is 0 Å². The summed E-state index contributed by atoms with van der Waals surface area (Å²) in [6.07, 6.45) is 0.466. The van der Waals surface area contributed by atoms with Crippen LogP contribution in [-0.4, -0.2) is 36.2 Å².